The van der Waals surface area contributed by atoms with E-state index in [1.54, 1.807) is 0 Å². The fourth-order valence-corrected chi connectivity index (χ4v) is 0.979. The molecule has 1 aromatic heterocycles. The van der Waals surface area contributed by atoms with Crippen LogP contribution in [0, 0.1) is 0 Å². The van der Waals surface area contributed by atoms with E-state index in [2.05, 4.69) is 15.9 Å². The summed E-state index contributed by atoms with van der Waals surface area (Å²) in [4.78, 5) is 10.4. The Kier molecular flexibility index (Phi) is 2.23. The van der Waals surface area contributed by atoms with Crippen molar-refractivity contribution in [3.63, 3.8) is 0 Å². The number of hydrogen-bond donors (Lipinski definition) is 1. The summed E-state index contributed by atoms with van der Waals surface area (Å²) in [5.74, 6) is -1.79. The van der Waals surface area contributed by atoms with E-state index in [0.29, 0.717) is 4.67 Å². The van der Waals surface area contributed by atoms with Crippen LogP contribution < -0.4 is 0 Å². The largest absolute Gasteiger partial charge is 0.479 e. The maximum Gasteiger partial charge on any atom is 0.349 e. The lowest BCUT2D eigenvalue weighted by Gasteiger charge is -2.10. The van der Waals surface area contributed by atoms with E-state index in [4.69, 9.17) is 9.52 Å². The van der Waals surface area contributed by atoms with Gasteiger partial charge in [-0.05, 0) is 35.0 Å². The zero-order chi connectivity index (χ0) is 9.35. The van der Waals surface area contributed by atoms with Crippen LogP contribution >= 0.6 is 15.9 Å². The molecule has 0 saturated carbocycles. The number of hydrogen-bond acceptors (Lipinski definition) is 2. The Morgan fingerprint density at radius 1 is 1.75 bits per heavy atom. The summed E-state index contributed by atoms with van der Waals surface area (Å²) in [6.45, 7) is 0.931. The van der Waals surface area contributed by atoms with E-state index >= 15 is 0 Å². The van der Waals surface area contributed by atoms with Crippen molar-refractivity contribution in [3.05, 3.63) is 22.6 Å². The molecule has 0 fully saturated rings. The van der Waals surface area contributed by atoms with Crippen molar-refractivity contribution in [2.75, 3.05) is 0 Å². The standard InChI is InChI=1S/C7H6BrFO3/c1-7(9,6(10)11)4-2-3-5(8)12-4/h2-3H,1H3,(H,10,11). The topological polar surface area (TPSA) is 50.4 Å². The second-order valence-electron chi connectivity index (χ2n) is 2.41. The van der Waals surface area contributed by atoms with Crippen LogP contribution in [0.25, 0.3) is 0 Å². The molecule has 0 aromatic carbocycles. The maximum atomic E-state index is 13.2. The monoisotopic (exact) mass is 236 g/mol. The van der Waals surface area contributed by atoms with E-state index in [0.717, 1.165) is 6.92 Å². The van der Waals surface area contributed by atoms with Gasteiger partial charge in [0, 0.05) is 0 Å². The van der Waals surface area contributed by atoms with E-state index in [1.807, 2.05) is 0 Å². The highest BCUT2D eigenvalue weighted by molar-refractivity contribution is 9.10. The summed E-state index contributed by atoms with van der Waals surface area (Å²) in [6.07, 6.45) is 0. The normalized spacial score (nSPS) is 15.6. The first-order valence-corrected chi connectivity index (χ1v) is 3.92. The van der Waals surface area contributed by atoms with Crippen LogP contribution in [0.2, 0.25) is 0 Å². The molecular weight excluding hydrogens is 231 g/mol. The lowest BCUT2D eigenvalue weighted by atomic mass is 10.1. The molecule has 0 bridgehead atoms. The molecule has 1 rings (SSSR count). The molecule has 0 aliphatic heterocycles. The van der Waals surface area contributed by atoms with E-state index in [1.165, 1.54) is 12.1 Å². The molecule has 12 heavy (non-hydrogen) atoms. The molecule has 0 saturated heterocycles. The molecule has 5 heteroatoms. The minimum atomic E-state index is -2.47. The molecule has 1 atom stereocenters. The molecular formula is C7H6BrFO3. The van der Waals surface area contributed by atoms with E-state index < -0.39 is 11.6 Å². The van der Waals surface area contributed by atoms with Crippen molar-refractivity contribution in [1.82, 2.24) is 0 Å². The van der Waals surface area contributed by atoms with Gasteiger partial charge in [0.25, 0.3) is 5.67 Å². The van der Waals surface area contributed by atoms with Gasteiger partial charge in [0.1, 0.15) is 0 Å². The number of aliphatic carboxylic acids is 1. The molecule has 1 N–H and O–H groups in total. The van der Waals surface area contributed by atoms with Crippen LogP contribution in [0.5, 0.6) is 0 Å². The number of halogens is 2. The predicted molar refractivity (Wildman–Crippen MR) is 42.5 cm³/mol. The maximum absolute atomic E-state index is 13.2. The summed E-state index contributed by atoms with van der Waals surface area (Å²) in [5.41, 5.74) is -2.47. The Bertz CT molecular complexity index is 305. The molecule has 0 aliphatic rings. The summed E-state index contributed by atoms with van der Waals surface area (Å²) < 4.78 is 18.3. The Labute approximate surface area is 76.3 Å². The van der Waals surface area contributed by atoms with Crippen LogP contribution in [-0.4, -0.2) is 11.1 Å². The molecule has 0 radical (unpaired) electrons. The van der Waals surface area contributed by atoms with Gasteiger partial charge >= 0.3 is 5.97 Å². The zero-order valence-corrected chi connectivity index (χ0v) is 7.76. The quantitative estimate of drug-likeness (QED) is 0.858. The molecule has 0 spiro atoms. The van der Waals surface area contributed by atoms with Crippen LogP contribution in [0.15, 0.2) is 21.2 Å². The lowest BCUT2D eigenvalue weighted by molar-refractivity contribution is -0.151. The van der Waals surface area contributed by atoms with Crippen molar-refractivity contribution < 1.29 is 18.7 Å². The lowest BCUT2D eigenvalue weighted by Crippen LogP contribution is -2.26. The van der Waals surface area contributed by atoms with Crippen LogP contribution in [0.3, 0.4) is 0 Å². The Morgan fingerprint density at radius 2 is 2.33 bits per heavy atom. The van der Waals surface area contributed by atoms with Gasteiger partial charge in [0.2, 0.25) is 0 Å². The number of carboxylic acids is 1. The highest BCUT2D eigenvalue weighted by Crippen LogP contribution is 2.29. The third-order valence-electron chi connectivity index (χ3n) is 1.44. The minimum absolute atomic E-state index is 0.220. The van der Waals surface area contributed by atoms with Gasteiger partial charge in [0.15, 0.2) is 10.4 Å². The van der Waals surface area contributed by atoms with E-state index in [-0.39, 0.29) is 5.76 Å². The van der Waals surface area contributed by atoms with E-state index in [9.17, 15) is 9.18 Å². The van der Waals surface area contributed by atoms with Gasteiger partial charge in [0.05, 0.1) is 0 Å². The molecule has 3 nitrogen and oxygen atoms in total. The average molecular weight is 237 g/mol. The fraction of sp³-hybridized carbons (Fsp3) is 0.286. The molecule has 1 aromatic rings. The van der Waals surface area contributed by atoms with Crippen molar-refractivity contribution in [2.24, 2.45) is 0 Å². The van der Waals surface area contributed by atoms with Crippen molar-refractivity contribution in [2.45, 2.75) is 12.6 Å². The highest BCUT2D eigenvalue weighted by atomic mass is 79.9. The first kappa shape index (κ1) is 9.25. The van der Waals surface area contributed by atoms with Gasteiger partial charge in [-0.15, -0.1) is 0 Å². The minimum Gasteiger partial charge on any atom is -0.479 e. The molecule has 1 heterocycles. The average Bonchev–Trinajstić information content (AvgIpc) is 2.35. The van der Waals surface area contributed by atoms with Crippen molar-refractivity contribution in [1.29, 1.82) is 0 Å². The third kappa shape index (κ3) is 1.50. The summed E-state index contributed by atoms with van der Waals surface area (Å²) in [6, 6.07) is 2.72. The molecule has 0 aliphatic carbocycles. The third-order valence-corrected chi connectivity index (χ3v) is 1.86. The van der Waals surface area contributed by atoms with Crippen LogP contribution in [0.1, 0.15) is 12.7 Å². The predicted octanol–water partition coefficient (Wildman–Crippen LogP) is 2.31. The van der Waals surface area contributed by atoms with Crippen LogP contribution in [-0.2, 0) is 10.5 Å². The van der Waals surface area contributed by atoms with Crippen molar-refractivity contribution >= 4 is 21.9 Å². The number of alkyl halides is 1. The smallest absolute Gasteiger partial charge is 0.349 e. The fourth-order valence-electron chi connectivity index (χ4n) is 0.672. The number of rotatable bonds is 2. The molecule has 0 amide bonds. The molecule has 66 valence electrons. The Balaban J connectivity index is 3.05. The number of carbonyl (C=O) groups is 1. The first-order chi connectivity index (χ1) is 5.44. The summed E-state index contributed by atoms with van der Waals surface area (Å²) in [7, 11) is 0. The Morgan fingerprint density at radius 3 is 2.67 bits per heavy atom. The zero-order valence-electron chi connectivity index (χ0n) is 6.17. The van der Waals surface area contributed by atoms with Gasteiger partial charge in [-0.1, -0.05) is 0 Å². The summed E-state index contributed by atoms with van der Waals surface area (Å²) in [5, 5.41) is 8.45. The SMILES string of the molecule is CC(F)(C(=O)O)c1ccc(Br)o1. The first-order valence-electron chi connectivity index (χ1n) is 3.12. The second-order valence-corrected chi connectivity index (χ2v) is 3.19. The van der Waals surface area contributed by atoms with Gasteiger partial charge in [-0.25, -0.2) is 9.18 Å². The Hall–Kier alpha value is -0.840. The van der Waals surface area contributed by atoms with Gasteiger partial charge < -0.3 is 9.52 Å². The van der Waals surface area contributed by atoms with Gasteiger partial charge in [-0.3, -0.25) is 0 Å². The van der Waals surface area contributed by atoms with Crippen LogP contribution in [0.4, 0.5) is 4.39 Å². The molecule has 1 unspecified atom stereocenters. The van der Waals surface area contributed by atoms with Crippen molar-refractivity contribution in [3.8, 4) is 0 Å². The second kappa shape index (κ2) is 2.90. The highest BCUT2D eigenvalue weighted by Gasteiger charge is 2.38. The van der Waals surface area contributed by atoms with Gasteiger partial charge in [-0.2, -0.15) is 0 Å². The number of carboxylic acid groups (broad SMARTS) is 1. The summed E-state index contributed by atoms with van der Waals surface area (Å²) >= 11 is 2.95. The number of furan rings is 1.